The first-order chi connectivity index (χ1) is 12.2. The first kappa shape index (κ1) is 17.9. The topological polar surface area (TPSA) is 49.9 Å². The number of hydrogen-bond acceptors (Lipinski definition) is 3. The molecule has 0 saturated carbocycles. The molecule has 2 amide bonds. The Balaban J connectivity index is 1.72. The van der Waals surface area contributed by atoms with Gasteiger partial charge in [-0.15, -0.1) is 0 Å². The molecule has 0 aliphatic carbocycles. The Bertz CT molecular complexity index is 584. The van der Waals surface area contributed by atoms with Gasteiger partial charge in [-0.05, 0) is 44.7 Å². The Labute approximate surface area is 149 Å². The van der Waals surface area contributed by atoms with Crippen LogP contribution in [0.4, 0.5) is 0 Å². The van der Waals surface area contributed by atoms with Crippen LogP contribution >= 0.6 is 0 Å². The van der Waals surface area contributed by atoms with E-state index in [4.69, 9.17) is 4.74 Å². The van der Waals surface area contributed by atoms with Crippen LogP contribution in [0.15, 0.2) is 30.3 Å². The van der Waals surface area contributed by atoms with Gasteiger partial charge in [-0.1, -0.05) is 18.2 Å². The van der Waals surface area contributed by atoms with E-state index in [9.17, 15) is 9.59 Å². The lowest BCUT2D eigenvalue weighted by atomic mass is 9.98. The van der Waals surface area contributed by atoms with Crippen LogP contribution in [0.3, 0.4) is 0 Å². The van der Waals surface area contributed by atoms with Gasteiger partial charge in [0.25, 0.3) is 5.91 Å². The zero-order valence-corrected chi connectivity index (χ0v) is 15.0. The predicted molar refractivity (Wildman–Crippen MR) is 96.3 cm³/mol. The third-order valence-corrected chi connectivity index (χ3v) is 5.27. The van der Waals surface area contributed by atoms with Crippen LogP contribution in [-0.2, 0) is 9.53 Å². The van der Waals surface area contributed by atoms with Crippen molar-refractivity contribution in [3.8, 4) is 0 Å². The average molecular weight is 344 g/mol. The minimum atomic E-state index is -0.330. The summed E-state index contributed by atoms with van der Waals surface area (Å²) in [6.07, 6.45) is 3.74. The normalized spacial score (nSPS) is 23.5. The van der Waals surface area contributed by atoms with Crippen molar-refractivity contribution in [3.05, 3.63) is 35.9 Å². The van der Waals surface area contributed by atoms with Crippen LogP contribution in [0.2, 0.25) is 0 Å². The van der Waals surface area contributed by atoms with Gasteiger partial charge in [-0.2, -0.15) is 0 Å². The van der Waals surface area contributed by atoms with Crippen LogP contribution in [0.5, 0.6) is 0 Å². The first-order valence-corrected chi connectivity index (χ1v) is 9.43. The van der Waals surface area contributed by atoms with E-state index in [1.807, 2.05) is 42.2 Å². The molecule has 5 nitrogen and oxygen atoms in total. The second-order valence-corrected chi connectivity index (χ2v) is 6.98. The molecule has 5 heteroatoms. The summed E-state index contributed by atoms with van der Waals surface area (Å²) in [4.78, 5) is 29.8. The van der Waals surface area contributed by atoms with E-state index in [0.717, 1.165) is 45.4 Å². The molecule has 0 radical (unpaired) electrons. The van der Waals surface area contributed by atoms with E-state index in [-0.39, 0.29) is 17.9 Å². The summed E-state index contributed by atoms with van der Waals surface area (Å²) in [7, 11) is 0. The number of carbonyl (C=O) groups is 2. The molecule has 0 N–H and O–H groups in total. The van der Waals surface area contributed by atoms with Crippen molar-refractivity contribution >= 4 is 11.8 Å². The van der Waals surface area contributed by atoms with Crippen LogP contribution in [0.1, 0.15) is 43.0 Å². The van der Waals surface area contributed by atoms with Gasteiger partial charge in [0.15, 0.2) is 0 Å². The van der Waals surface area contributed by atoms with Gasteiger partial charge in [0.2, 0.25) is 5.91 Å². The van der Waals surface area contributed by atoms with Gasteiger partial charge in [-0.25, -0.2) is 0 Å². The molecule has 2 fully saturated rings. The molecule has 0 spiro atoms. The summed E-state index contributed by atoms with van der Waals surface area (Å²) in [5.41, 5.74) is 0.662. The monoisotopic (exact) mass is 344 g/mol. The average Bonchev–Trinajstić information content (AvgIpc) is 3.19. The van der Waals surface area contributed by atoms with Gasteiger partial charge < -0.3 is 14.5 Å². The molecule has 2 saturated heterocycles. The van der Waals surface area contributed by atoms with Gasteiger partial charge in [0.05, 0.1) is 6.61 Å². The molecular formula is C20H28N2O3. The number of rotatable bonds is 5. The molecule has 0 aromatic heterocycles. The highest BCUT2D eigenvalue weighted by molar-refractivity contribution is 5.97. The van der Waals surface area contributed by atoms with Crippen molar-refractivity contribution in [1.82, 2.24) is 9.80 Å². The zero-order chi connectivity index (χ0) is 17.6. The van der Waals surface area contributed by atoms with Crippen molar-refractivity contribution in [2.45, 2.75) is 38.6 Å². The van der Waals surface area contributed by atoms with Crippen molar-refractivity contribution < 1.29 is 14.3 Å². The minimum absolute atomic E-state index is 0.0288. The van der Waals surface area contributed by atoms with E-state index < -0.39 is 0 Å². The van der Waals surface area contributed by atoms with Gasteiger partial charge in [0.1, 0.15) is 6.04 Å². The van der Waals surface area contributed by atoms with Gasteiger partial charge in [-0.3, -0.25) is 9.59 Å². The van der Waals surface area contributed by atoms with E-state index >= 15 is 0 Å². The van der Waals surface area contributed by atoms with Crippen molar-refractivity contribution in [1.29, 1.82) is 0 Å². The molecule has 0 bridgehead atoms. The second kappa shape index (κ2) is 8.48. The molecular weight excluding hydrogens is 316 g/mol. The molecule has 2 atom stereocenters. The highest BCUT2D eigenvalue weighted by Gasteiger charge is 2.35. The highest BCUT2D eigenvalue weighted by atomic mass is 16.5. The number of likely N-dealkylation sites (N-methyl/N-ethyl adjacent to an activating group) is 1. The van der Waals surface area contributed by atoms with E-state index in [1.54, 1.807) is 4.90 Å². The third-order valence-electron chi connectivity index (χ3n) is 5.27. The number of hydrogen-bond donors (Lipinski definition) is 0. The quantitative estimate of drug-likeness (QED) is 0.825. The Morgan fingerprint density at radius 1 is 1.20 bits per heavy atom. The third kappa shape index (κ3) is 4.21. The molecule has 25 heavy (non-hydrogen) atoms. The number of nitrogens with zero attached hydrogens (tertiary/aromatic N) is 2. The molecule has 136 valence electrons. The molecule has 2 aliphatic rings. The fraction of sp³-hybridized carbons (Fsp3) is 0.600. The van der Waals surface area contributed by atoms with Crippen LogP contribution < -0.4 is 0 Å². The Hall–Kier alpha value is -1.88. The Morgan fingerprint density at radius 2 is 2.00 bits per heavy atom. The first-order valence-electron chi connectivity index (χ1n) is 9.43. The van der Waals surface area contributed by atoms with E-state index in [2.05, 4.69) is 0 Å². The minimum Gasteiger partial charge on any atom is -0.381 e. The Kier molecular flexibility index (Phi) is 6.08. The van der Waals surface area contributed by atoms with Gasteiger partial charge in [0, 0.05) is 37.7 Å². The molecule has 3 rings (SSSR count). The van der Waals surface area contributed by atoms with Crippen LogP contribution in [0, 0.1) is 5.92 Å². The van der Waals surface area contributed by atoms with Crippen LogP contribution in [0.25, 0.3) is 0 Å². The lowest BCUT2D eigenvalue weighted by Crippen LogP contribution is -2.53. The van der Waals surface area contributed by atoms with Crippen molar-refractivity contribution in [2.24, 2.45) is 5.92 Å². The number of ether oxygens (including phenoxy) is 1. The summed E-state index contributed by atoms with van der Waals surface area (Å²) >= 11 is 0. The fourth-order valence-corrected chi connectivity index (χ4v) is 3.80. The fourth-order valence-electron chi connectivity index (χ4n) is 3.80. The predicted octanol–water partition coefficient (Wildman–Crippen LogP) is 2.57. The van der Waals surface area contributed by atoms with E-state index in [1.165, 1.54) is 0 Å². The molecule has 2 heterocycles. The van der Waals surface area contributed by atoms with Crippen molar-refractivity contribution in [2.75, 3.05) is 32.8 Å². The maximum absolute atomic E-state index is 13.2. The lowest BCUT2D eigenvalue weighted by molar-refractivity contribution is -0.137. The van der Waals surface area contributed by atoms with Crippen LogP contribution in [-0.4, -0.2) is 60.5 Å². The summed E-state index contributed by atoms with van der Waals surface area (Å²) in [5.74, 6) is 0.489. The maximum atomic E-state index is 13.2. The number of benzene rings is 1. The number of carbonyl (C=O) groups excluding carboxylic acids is 2. The number of likely N-dealkylation sites (tertiary alicyclic amines) is 1. The molecule has 0 unspecified atom stereocenters. The Morgan fingerprint density at radius 3 is 2.68 bits per heavy atom. The zero-order valence-electron chi connectivity index (χ0n) is 15.0. The largest absolute Gasteiger partial charge is 0.381 e. The lowest BCUT2D eigenvalue weighted by Gasteiger charge is -2.38. The summed E-state index contributed by atoms with van der Waals surface area (Å²) in [6.45, 7) is 5.62. The summed E-state index contributed by atoms with van der Waals surface area (Å²) in [6, 6.07) is 8.96. The van der Waals surface area contributed by atoms with E-state index in [0.29, 0.717) is 24.6 Å². The second-order valence-electron chi connectivity index (χ2n) is 6.98. The molecule has 1 aromatic rings. The summed E-state index contributed by atoms with van der Waals surface area (Å²) in [5, 5.41) is 0. The van der Waals surface area contributed by atoms with Crippen molar-refractivity contribution in [3.63, 3.8) is 0 Å². The summed E-state index contributed by atoms with van der Waals surface area (Å²) < 4.78 is 5.44. The smallest absolute Gasteiger partial charge is 0.254 e. The molecule has 2 aliphatic heterocycles. The SMILES string of the molecule is CCN(C[C@H]1CCOC1)C(=O)[C@H]1CCCCN1C(=O)c1ccccc1. The number of piperidine rings is 1. The standard InChI is InChI=1S/C20H28N2O3/c1-2-21(14-16-11-13-25-15-16)20(24)18-10-6-7-12-22(18)19(23)17-8-4-3-5-9-17/h3-5,8-9,16,18H,2,6-7,10-15H2,1H3/t16-,18-/m1/s1. The maximum Gasteiger partial charge on any atom is 0.254 e. The molecule has 1 aromatic carbocycles. The number of amides is 2. The van der Waals surface area contributed by atoms with Gasteiger partial charge >= 0.3 is 0 Å². The highest BCUT2D eigenvalue weighted by Crippen LogP contribution is 2.23.